The van der Waals surface area contributed by atoms with Crippen molar-refractivity contribution >= 4 is 23.2 Å². The van der Waals surface area contributed by atoms with Crippen LogP contribution in [0, 0.1) is 17.0 Å². The quantitative estimate of drug-likeness (QED) is 0.609. The van der Waals surface area contributed by atoms with Crippen molar-refractivity contribution in [3.05, 3.63) is 59.7 Å². The Labute approximate surface area is 150 Å². The Kier molecular flexibility index (Phi) is 4.63. The molecule has 2 amide bonds. The van der Waals surface area contributed by atoms with Crippen molar-refractivity contribution in [1.29, 1.82) is 0 Å². The molecule has 0 aromatic heterocycles. The molecule has 142 valence electrons. The molecule has 1 fully saturated rings. The standard InChI is InChI=1S/C18H13F5N2O2/c19-11-4-5-14(13(20)9-11)25-16(27)17(6-7-17)15(26)24-12-3-1-2-10(8-12)18(21,22)23/h1-5,8-9H,6-7H2,(H,24,26)(H,25,27). The molecule has 2 aromatic rings. The van der Waals surface area contributed by atoms with Crippen molar-refractivity contribution in [2.24, 2.45) is 5.41 Å². The van der Waals surface area contributed by atoms with Gasteiger partial charge >= 0.3 is 6.18 Å². The van der Waals surface area contributed by atoms with Crippen LogP contribution in [0.5, 0.6) is 0 Å². The van der Waals surface area contributed by atoms with Crippen LogP contribution in [0.2, 0.25) is 0 Å². The molecule has 0 heterocycles. The van der Waals surface area contributed by atoms with Crippen LogP contribution in [0.3, 0.4) is 0 Å². The predicted octanol–water partition coefficient (Wildman–Crippen LogP) is 4.34. The third-order valence-electron chi connectivity index (χ3n) is 4.25. The largest absolute Gasteiger partial charge is 0.416 e. The lowest BCUT2D eigenvalue weighted by atomic mass is 10.0. The first-order valence-electron chi connectivity index (χ1n) is 7.87. The summed E-state index contributed by atoms with van der Waals surface area (Å²) in [6, 6.07) is 6.55. The molecule has 0 atom stereocenters. The van der Waals surface area contributed by atoms with Gasteiger partial charge in [-0.15, -0.1) is 0 Å². The molecule has 0 unspecified atom stereocenters. The maximum absolute atomic E-state index is 13.7. The van der Waals surface area contributed by atoms with Gasteiger partial charge in [0.25, 0.3) is 0 Å². The monoisotopic (exact) mass is 384 g/mol. The Morgan fingerprint density at radius 2 is 1.59 bits per heavy atom. The van der Waals surface area contributed by atoms with Crippen molar-refractivity contribution in [1.82, 2.24) is 0 Å². The SMILES string of the molecule is O=C(Nc1cccc(C(F)(F)F)c1)C1(C(=O)Nc2ccc(F)cc2F)CC1. The Balaban J connectivity index is 1.73. The van der Waals surface area contributed by atoms with Crippen molar-refractivity contribution in [2.45, 2.75) is 19.0 Å². The number of carbonyl (C=O) groups excluding carboxylic acids is 2. The van der Waals surface area contributed by atoms with Crippen molar-refractivity contribution in [2.75, 3.05) is 10.6 Å². The lowest BCUT2D eigenvalue weighted by molar-refractivity contribution is -0.137. The zero-order valence-corrected chi connectivity index (χ0v) is 13.7. The molecule has 27 heavy (non-hydrogen) atoms. The minimum absolute atomic E-state index is 0.109. The molecule has 2 N–H and O–H groups in total. The number of benzene rings is 2. The van der Waals surface area contributed by atoms with Gasteiger partial charge in [-0.05, 0) is 43.2 Å². The van der Waals surface area contributed by atoms with Crippen LogP contribution in [0.25, 0.3) is 0 Å². The number of amides is 2. The molecule has 0 spiro atoms. The van der Waals surface area contributed by atoms with Gasteiger partial charge < -0.3 is 10.6 Å². The molecule has 0 radical (unpaired) electrons. The number of anilines is 2. The summed E-state index contributed by atoms with van der Waals surface area (Å²) in [5.74, 6) is -3.43. The number of hydrogen-bond acceptors (Lipinski definition) is 2. The summed E-state index contributed by atoms with van der Waals surface area (Å²) in [5, 5.41) is 4.52. The summed E-state index contributed by atoms with van der Waals surface area (Å²) in [6.07, 6.45) is -4.26. The Hall–Kier alpha value is -2.97. The zero-order chi connectivity index (χ0) is 19.8. The van der Waals surface area contributed by atoms with Crippen LogP contribution >= 0.6 is 0 Å². The van der Waals surface area contributed by atoms with E-state index in [9.17, 15) is 31.5 Å². The number of nitrogens with one attached hydrogen (secondary N) is 2. The topological polar surface area (TPSA) is 58.2 Å². The third-order valence-corrected chi connectivity index (χ3v) is 4.25. The highest BCUT2D eigenvalue weighted by Gasteiger charge is 2.56. The fourth-order valence-electron chi connectivity index (χ4n) is 2.54. The van der Waals surface area contributed by atoms with E-state index in [0.717, 1.165) is 30.3 Å². The number of halogens is 5. The second-order valence-corrected chi connectivity index (χ2v) is 6.19. The molecule has 1 aliphatic rings. The second-order valence-electron chi connectivity index (χ2n) is 6.19. The maximum Gasteiger partial charge on any atom is 0.416 e. The molecule has 3 rings (SSSR count). The minimum Gasteiger partial charge on any atom is -0.325 e. The average Bonchev–Trinajstić information content (AvgIpc) is 3.39. The van der Waals surface area contributed by atoms with E-state index in [-0.39, 0.29) is 24.2 Å². The van der Waals surface area contributed by atoms with E-state index in [1.54, 1.807) is 0 Å². The van der Waals surface area contributed by atoms with E-state index < -0.39 is 40.6 Å². The van der Waals surface area contributed by atoms with E-state index >= 15 is 0 Å². The van der Waals surface area contributed by atoms with Crippen LogP contribution in [-0.2, 0) is 15.8 Å². The van der Waals surface area contributed by atoms with E-state index in [1.165, 1.54) is 6.07 Å². The predicted molar refractivity (Wildman–Crippen MR) is 86.7 cm³/mol. The van der Waals surface area contributed by atoms with Gasteiger partial charge in [-0.1, -0.05) is 6.07 Å². The van der Waals surface area contributed by atoms with E-state index in [1.807, 2.05) is 0 Å². The van der Waals surface area contributed by atoms with Gasteiger partial charge in [-0.2, -0.15) is 13.2 Å². The van der Waals surface area contributed by atoms with Crippen molar-refractivity contribution in [3.8, 4) is 0 Å². The molecule has 9 heteroatoms. The van der Waals surface area contributed by atoms with Gasteiger partial charge in [0.15, 0.2) is 0 Å². The zero-order valence-electron chi connectivity index (χ0n) is 13.7. The molecule has 0 bridgehead atoms. The van der Waals surface area contributed by atoms with Crippen LogP contribution in [0.1, 0.15) is 18.4 Å². The molecular weight excluding hydrogens is 371 g/mol. The fourth-order valence-corrected chi connectivity index (χ4v) is 2.54. The van der Waals surface area contributed by atoms with Gasteiger partial charge in [-0.25, -0.2) is 8.78 Å². The molecule has 0 aliphatic heterocycles. The number of alkyl halides is 3. The first kappa shape index (κ1) is 18.8. The first-order valence-corrected chi connectivity index (χ1v) is 7.87. The lowest BCUT2D eigenvalue weighted by Crippen LogP contribution is -2.35. The van der Waals surface area contributed by atoms with Crippen molar-refractivity contribution in [3.63, 3.8) is 0 Å². The highest BCUT2D eigenvalue weighted by atomic mass is 19.4. The molecule has 1 saturated carbocycles. The summed E-state index contributed by atoms with van der Waals surface area (Å²) >= 11 is 0. The third kappa shape index (κ3) is 3.91. The van der Waals surface area contributed by atoms with Crippen LogP contribution in [-0.4, -0.2) is 11.8 Å². The first-order chi connectivity index (χ1) is 12.6. The smallest absolute Gasteiger partial charge is 0.325 e. The molecule has 4 nitrogen and oxygen atoms in total. The van der Waals surface area contributed by atoms with Gasteiger partial charge in [0.1, 0.15) is 17.0 Å². The van der Waals surface area contributed by atoms with E-state index in [0.29, 0.717) is 6.07 Å². The number of hydrogen-bond donors (Lipinski definition) is 2. The molecule has 0 saturated heterocycles. The molecular formula is C18H13F5N2O2. The second kappa shape index (κ2) is 6.64. The highest BCUT2D eigenvalue weighted by Crippen LogP contribution is 2.47. The summed E-state index contributed by atoms with van der Waals surface area (Å²) in [5.41, 5.74) is -2.85. The summed E-state index contributed by atoms with van der Waals surface area (Å²) < 4.78 is 64.8. The number of rotatable bonds is 4. The normalized spacial score (nSPS) is 15.1. The van der Waals surface area contributed by atoms with Crippen LogP contribution in [0.4, 0.5) is 33.3 Å². The summed E-state index contributed by atoms with van der Waals surface area (Å²) in [6.45, 7) is 0. The Morgan fingerprint density at radius 3 is 2.19 bits per heavy atom. The Bertz CT molecular complexity index is 907. The molecule has 1 aliphatic carbocycles. The van der Waals surface area contributed by atoms with E-state index in [4.69, 9.17) is 0 Å². The molecule has 2 aromatic carbocycles. The van der Waals surface area contributed by atoms with Crippen LogP contribution in [0.15, 0.2) is 42.5 Å². The highest BCUT2D eigenvalue weighted by molar-refractivity contribution is 6.16. The van der Waals surface area contributed by atoms with Gasteiger partial charge in [0.05, 0.1) is 11.3 Å². The summed E-state index contributed by atoms with van der Waals surface area (Å²) in [7, 11) is 0. The van der Waals surface area contributed by atoms with Gasteiger partial charge in [-0.3, -0.25) is 9.59 Å². The van der Waals surface area contributed by atoms with Gasteiger partial charge in [0.2, 0.25) is 11.8 Å². The fraction of sp³-hybridized carbons (Fsp3) is 0.222. The van der Waals surface area contributed by atoms with Gasteiger partial charge in [0, 0.05) is 11.8 Å². The summed E-state index contributed by atoms with van der Waals surface area (Å²) in [4.78, 5) is 24.8. The maximum atomic E-state index is 13.7. The van der Waals surface area contributed by atoms with E-state index in [2.05, 4.69) is 10.6 Å². The minimum atomic E-state index is -4.57. The van der Waals surface area contributed by atoms with Crippen LogP contribution < -0.4 is 10.6 Å². The Morgan fingerprint density at radius 1 is 0.926 bits per heavy atom. The average molecular weight is 384 g/mol. The number of carbonyl (C=O) groups is 2. The lowest BCUT2D eigenvalue weighted by Gasteiger charge is -2.16. The van der Waals surface area contributed by atoms with Crippen molar-refractivity contribution < 1.29 is 31.5 Å².